The van der Waals surface area contributed by atoms with Crippen LogP contribution in [0.5, 0.6) is 0 Å². The fourth-order valence-electron chi connectivity index (χ4n) is 2.89. The predicted octanol–water partition coefficient (Wildman–Crippen LogP) is 0.745. The quantitative estimate of drug-likeness (QED) is 0.888. The maximum Gasteiger partial charge on any atom is 0.279 e. The van der Waals surface area contributed by atoms with Gasteiger partial charge in [0.1, 0.15) is 0 Å². The van der Waals surface area contributed by atoms with Gasteiger partial charge in [0.25, 0.3) is 5.91 Å². The van der Waals surface area contributed by atoms with Gasteiger partial charge in [-0.2, -0.15) is 0 Å². The molecular weight excluding hydrogens is 308 g/mol. The van der Waals surface area contributed by atoms with Crippen LogP contribution < -0.4 is 15.9 Å². The van der Waals surface area contributed by atoms with Crippen molar-refractivity contribution in [2.24, 2.45) is 16.3 Å². The molecule has 1 aromatic rings. The summed E-state index contributed by atoms with van der Waals surface area (Å²) in [5.74, 6) is -0.176. The minimum Gasteiger partial charge on any atom is -0.348 e. The molecule has 2 heterocycles. The summed E-state index contributed by atoms with van der Waals surface area (Å²) >= 11 is 0. The summed E-state index contributed by atoms with van der Waals surface area (Å²) in [5.41, 5.74) is 1.02. The molecule has 24 heavy (non-hydrogen) atoms. The molecule has 1 saturated heterocycles. The van der Waals surface area contributed by atoms with E-state index in [2.05, 4.69) is 10.3 Å². The molecule has 3 aliphatic rings. The van der Waals surface area contributed by atoms with E-state index in [4.69, 9.17) is 9.47 Å². The summed E-state index contributed by atoms with van der Waals surface area (Å²) in [7, 11) is 0. The van der Waals surface area contributed by atoms with E-state index < -0.39 is 6.29 Å². The van der Waals surface area contributed by atoms with Gasteiger partial charge in [0.15, 0.2) is 6.29 Å². The molecule has 126 valence electrons. The molecule has 2 fully saturated rings. The summed E-state index contributed by atoms with van der Waals surface area (Å²) in [6.07, 6.45) is 1.19. The first-order valence-corrected chi connectivity index (χ1v) is 8.24. The second kappa shape index (κ2) is 5.50. The number of nitrogens with one attached hydrogen (secondary N) is 1. The molecule has 4 rings (SSSR count). The molecule has 1 aromatic carbocycles. The first-order chi connectivity index (χ1) is 11.4. The van der Waals surface area contributed by atoms with Crippen molar-refractivity contribution in [3.63, 3.8) is 0 Å². The van der Waals surface area contributed by atoms with Crippen molar-refractivity contribution < 1.29 is 19.1 Å². The monoisotopic (exact) mass is 328 g/mol. The number of rotatable bonds is 3. The lowest BCUT2D eigenvalue weighted by Crippen LogP contribution is -2.41. The predicted molar refractivity (Wildman–Crippen MR) is 86.5 cm³/mol. The van der Waals surface area contributed by atoms with Crippen molar-refractivity contribution in [1.29, 1.82) is 0 Å². The summed E-state index contributed by atoms with van der Waals surface area (Å²) in [6, 6.07) is 5.30. The minimum absolute atomic E-state index is 0.0321. The minimum atomic E-state index is -0.704. The Kier molecular flexibility index (Phi) is 3.54. The number of ether oxygens (including phenoxy) is 2. The Morgan fingerprint density at radius 3 is 2.62 bits per heavy atom. The van der Waals surface area contributed by atoms with Crippen LogP contribution in [0.4, 0.5) is 5.69 Å². The molecule has 1 saturated carbocycles. The Morgan fingerprint density at radius 2 is 1.96 bits per heavy atom. The molecule has 0 atom stereocenters. The average Bonchev–Trinajstić information content (AvgIpc) is 3.32. The van der Waals surface area contributed by atoms with Crippen LogP contribution in [0.25, 0.3) is 5.57 Å². The molecule has 0 unspecified atom stereocenters. The van der Waals surface area contributed by atoms with E-state index >= 15 is 0 Å². The third-order valence-electron chi connectivity index (χ3n) is 4.44. The fraction of sp³-hybridized carbons (Fsp3) is 0.500. The summed E-state index contributed by atoms with van der Waals surface area (Å²) in [5, 5.41) is 4.17. The van der Waals surface area contributed by atoms with Crippen LogP contribution in [-0.2, 0) is 19.1 Å². The molecule has 0 spiro atoms. The lowest BCUT2D eigenvalue weighted by Gasteiger charge is -2.34. The molecule has 1 aliphatic carbocycles. The van der Waals surface area contributed by atoms with Crippen molar-refractivity contribution in [2.45, 2.75) is 33.0 Å². The van der Waals surface area contributed by atoms with Gasteiger partial charge in [-0.15, -0.1) is 0 Å². The average molecular weight is 328 g/mol. The van der Waals surface area contributed by atoms with Crippen molar-refractivity contribution in [2.75, 3.05) is 18.5 Å². The van der Waals surface area contributed by atoms with Crippen molar-refractivity contribution >= 4 is 23.1 Å². The molecule has 0 aromatic heterocycles. The van der Waals surface area contributed by atoms with Crippen LogP contribution in [0, 0.1) is 11.3 Å². The number of fused-ring (bicyclic) bond motifs is 1. The molecule has 2 aliphatic heterocycles. The van der Waals surface area contributed by atoms with Crippen LogP contribution in [-0.4, -0.2) is 31.3 Å². The number of anilines is 1. The zero-order chi connectivity index (χ0) is 16.9. The Labute approximate surface area is 139 Å². The van der Waals surface area contributed by atoms with E-state index in [-0.39, 0.29) is 23.1 Å². The number of carbonyl (C=O) groups is 2. The van der Waals surface area contributed by atoms with Crippen molar-refractivity contribution in [3.8, 4) is 0 Å². The van der Waals surface area contributed by atoms with E-state index in [1.807, 2.05) is 13.8 Å². The molecule has 1 N–H and O–H groups in total. The van der Waals surface area contributed by atoms with Gasteiger partial charge in [-0.1, -0.05) is 13.8 Å². The fourth-order valence-corrected chi connectivity index (χ4v) is 2.89. The van der Waals surface area contributed by atoms with Crippen LogP contribution >= 0.6 is 0 Å². The van der Waals surface area contributed by atoms with Crippen molar-refractivity contribution in [1.82, 2.24) is 0 Å². The summed E-state index contributed by atoms with van der Waals surface area (Å²) < 4.78 is 11.5. The number of benzene rings is 1. The van der Waals surface area contributed by atoms with Gasteiger partial charge >= 0.3 is 0 Å². The number of hydrogen-bond donors (Lipinski definition) is 1. The first kappa shape index (κ1) is 15.5. The summed E-state index contributed by atoms with van der Waals surface area (Å²) in [4.78, 5) is 28.3. The number of nitrogens with zero attached hydrogens (tertiary/aromatic N) is 1. The normalized spacial score (nSPS) is 22.9. The van der Waals surface area contributed by atoms with Gasteiger partial charge in [0.2, 0.25) is 5.91 Å². The highest BCUT2D eigenvalue weighted by Gasteiger charge is 2.35. The Morgan fingerprint density at radius 1 is 1.25 bits per heavy atom. The van der Waals surface area contributed by atoms with Gasteiger partial charge in [0.05, 0.1) is 24.1 Å². The van der Waals surface area contributed by atoms with E-state index in [0.717, 1.165) is 12.8 Å². The second-order valence-corrected chi connectivity index (χ2v) is 7.44. The van der Waals surface area contributed by atoms with Gasteiger partial charge in [-0.3, -0.25) is 9.59 Å². The number of carbonyl (C=O) groups excluding carboxylic acids is 2. The highest BCUT2D eigenvalue weighted by atomic mass is 16.7. The van der Waals surface area contributed by atoms with E-state index in [9.17, 15) is 9.59 Å². The third-order valence-corrected chi connectivity index (χ3v) is 4.44. The zero-order valence-electron chi connectivity index (χ0n) is 13.8. The standard InChI is InChI=1S/C18H20N2O4/c1-18(2)8-23-17(24-9-18)14-12-7-11(19-15(21)10-3-4-10)5-6-13(12)20-16(14)22/h5-7,10,17H,3-4,8-9H2,1-2H3,(H,19,21). The van der Waals surface area contributed by atoms with Gasteiger partial charge in [-0.25, -0.2) is 4.99 Å². The SMILES string of the molecule is CC1(C)COC(C2=c3cc(NC(=O)C4CC4)ccc3=NC2=O)OC1. The third kappa shape index (κ3) is 2.87. The molecule has 0 radical (unpaired) electrons. The van der Waals surface area contributed by atoms with Crippen LogP contribution in [0.15, 0.2) is 23.2 Å². The number of hydrogen-bond acceptors (Lipinski definition) is 4. The van der Waals surface area contributed by atoms with Crippen LogP contribution in [0.1, 0.15) is 26.7 Å². The molecule has 6 nitrogen and oxygen atoms in total. The maximum absolute atomic E-state index is 12.3. The zero-order valence-corrected chi connectivity index (χ0v) is 13.8. The highest BCUT2D eigenvalue weighted by molar-refractivity contribution is 6.16. The Balaban J connectivity index is 1.66. The van der Waals surface area contributed by atoms with Crippen molar-refractivity contribution in [3.05, 3.63) is 28.8 Å². The molecule has 0 bridgehead atoms. The second-order valence-electron chi connectivity index (χ2n) is 7.44. The largest absolute Gasteiger partial charge is 0.348 e. The topological polar surface area (TPSA) is 77.0 Å². The van der Waals surface area contributed by atoms with Gasteiger partial charge in [0, 0.05) is 22.2 Å². The number of amides is 2. The van der Waals surface area contributed by atoms with Crippen LogP contribution in [0.2, 0.25) is 0 Å². The van der Waals surface area contributed by atoms with Gasteiger partial charge < -0.3 is 14.8 Å². The lowest BCUT2D eigenvalue weighted by atomic mass is 9.95. The van der Waals surface area contributed by atoms with Crippen LogP contribution in [0.3, 0.4) is 0 Å². The summed E-state index contributed by atoms with van der Waals surface area (Å²) in [6.45, 7) is 5.13. The first-order valence-electron chi connectivity index (χ1n) is 8.24. The molecule has 6 heteroatoms. The smallest absolute Gasteiger partial charge is 0.279 e. The van der Waals surface area contributed by atoms with Gasteiger partial charge in [-0.05, 0) is 31.0 Å². The Hall–Kier alpha value is -2.05. The van der Waals surface area contributed by atoms with E-state index in [1.54, 1.807) is 18.2 Å². The lowest BCUT2D eigenvalue weighted by molar-refractivity contribution is -0.193. The Bertz CT molecular complexity index is 829. The molecule has 2 amide bonds. The maximum atomic E-state index is 12.3. The van der Waals surface area contributed by atoms with E-state index in [1.165, 1.54) is 0 Å². The molecular formula is C18H20N2O4. The van der Waals surface area contributed by atoms with E-state index in [0.29, 0.717) is 35.1 Å². The highest BCUT2D eigenvalue weighted by Crippen LogP contribution is 2.30.